The van der Waals surface area contributed by atoms with Crippen molar-refractivity contribution in [3.8, 4) is 24.3 Å². The summed E-state index contributed by atoms with van der Waals surface area (Å²) in [5, 5.41) is 33.8. The first-order valence-corrected chi connectivity index (χ1v) is 5.55. The lowest BCUT2D eigenvalue weighted by molar-refractivity contribution is 0.824. The molecule has 0 aromatic heterocycles. The van der Waals surface area contributed by atoms with Crippen molar-refractivity contribution in [2.24, 2.45) is 0 Å². The van der Waals surface area contributed by atoms with Crippen LogP contribution in [0.3, 0.4) is 0 Å². The third kappa shape index (κ3) is 4.86. The quantitative estimate of drug-likeness (QED) is 0.728. The first kappa shape index (κ1) is 17.4. The van der Waals surface area contributed by atoms with E-state index in [1.807, 2.05) is 24.3 Å². The van der Waals surface area contributed by atoms with Crippen LogP contribution in [0.4, 0.5) is 0 Å². The average molecular weight is 274 g/mol. The monoisotopic (exact) mass is 274 g/mol. The second-order valence-corrected chi connectivity index (χ2v) is 3.54. The molecule has 2 N–H and O–H groups in total. The maximum Gasteiger partial charge on any atom is 0.101 e. The summed E-state index contributed by atoms with van der Waals surface area (Å²) >= 11 is 0. The molecule has 2 aromatic rings. The molecule has 0 saturated heterocycles. The Hall–Kier alpha value is -3.64. The number of nitriles is 4. The van der Waals surface area contributed by atoms with Crippen molar-refractivity contribution in [1.82, 2.24) is 0 Å². The zero-order valence-electron chi connectivity index (χ0n) is 10.9. The second kappa shape index (κ2) is 9.31. The van der Waals surface area contributed by atoms with E-state index in [0.29, 0.717) is 22.3 Å². The maximum atomic E-state index is 8.45. The number of rotatable bonds is 0. The van der Waals surface area contributed by atoms with Crippen LogP contribution >= 0.6 is 0 Å². The molecule has 21 heavy (non-hydrogen) atoms. The van der Waals surface area contributed by atoms with Gasteiger partial charge in [0.2, 0.25) is 0 Å². The lowest BCUT2D eigenvalue weighted by Gasteiger charge is -1.88. The van der Waals surface area contributed by atoms with Gasteiger partial charge in [0, 0.05) is 0 Å². The van der Waals surface area contributed by atoms with Crippen molar-refractivity contribution in [2.75, 3.05) is 0 Å². The SMILES string of the molecule is N#Cc1ccccc1C#N.N#Cc1ccccc1C#N.O. The Morgan fingerprint density at radius 1 is 0.476 bits per heavy atom. The largest absolute Gasteiger partial charge is 0.412 e. The number of benzene rings is 2. The maximum absolute atomic E-state index is 8.45. The zero-order chi connectivity index (χ0) is 14.8. The van der Waals surface area contributed by atoms with Gasteiger partial charge in [-0.1, -0.05) is 24.3 Å². The van der Waals surface area contributed by atoms with Gasteiger partial charge in [-0.3, -0.25) is 0 Å². The Morgan fingerprint density at radius 3 is 0.810 bits per heavy atom. The number of nitrogens with zero attached hydrogens (tertiary/aromatic N) is 4. The van der Waals surface area contributed by atoms with Crippen molar-refractivity contribution >= 4 is 0 Å². The highest BCUT2D eigenvalue weighted by atomic mass is 16.0. The molecular weight excluding hydrogens is 264 g/mol. The molecule has 0 bridgehead atoms. The molecule has 0 radical (unpaired) electrons. The normalized spacial score (nSPS) is 7.43. The van der Waals surface area contributed by atoms with E-state index in [1.165, 1.54) is 0 Å². The first-order chi connectivity index (χ1) is 9.76. The van der Waals surface area contributed by atoms with E-state index in [9.17, 15) is 0 Å². The third-order valence-electron chi connectivity index (χ3n) is 2.34. The van der Waals surface area contributed by atoms with E-state index >= 15 is 0 Å². The van der Waals surface area contributed by atoms with E-state index in [-0.39, 0.29) is 5.48 Å². The van der Waals surface area contributed by atoms with E-state index < -0.39 is 0 Å². The van der Waals surface area contributed by atoms with Crippen molar-refractivity contribution in [3.63, 3.8) is 0 Å². The molecular formula is C16H10N4O. The van der Waals surface area contributed by atoms with E-state index in [1.54, 1.807) is 48.5 Å². The predicted octanol–water partition coefficient (Wildman–Crippen LogP) is 2.04. The minimum Gasteiger partial charge on any atom is -0.412 e. The number of hydrogen-bond donors (Lipinski definition) is 0. The Morgan fingerprint density at radius 2 is 0.667 bits per heavy atom. The van der Waals surface area contributed by atoms with Gasteiger partial charge in [0.05, 0.1) is 22.3 Å². The highest BCUT2D eigenvalue weighted by molar-refractivity contribution is 5.45. The van der Waals surface area contributed by atoms with Crippen LogP contribution in [0.5, 0.6) is 0 Å². The van der Waals surface area contributed by atoms with Crippen LogP contribution in [0.1, 0.15) is 22.3 Å². The van der Waals surface area contributed by atoms with Crippen LogP contribution in [-0.4, -0.2) is 5.48 Å². The smallest absolute Gasteiger partial charge is 0.101 e. The van der Waals surface area contributed by atoms with Gasteiger partial charge in [-0.25, -0.2) is 0 Å². The topological polar surface area (TPSA) is 127 Å². The minimum atomic E-state index is 0. The molecule has 0 aliphatic heterocycles. The van der Waals surface area contributed by atoms with Gasteiger partial charge in [0.1, 0.15) is 24.3 Å². The van der Waals surface area contributed by atoms with E-state index in [2.05, 4.69) is 0 Å². The van der Waals surface area contributed by atoms with Crippen molar-refractivity contribution < 1.29 is 5.48 Å². The van der Waals surface area contributed by atoms with Crippen LogP contribution in [0.25, 0.3) is 0 Å². The minimum absolute atomic E-state index is 0. The Balaban J connectivity index is 0.000000364. The Bertz CT molecular complexity index is 637. The van der Waals surface area contributed by atoms with E-state index in [0.717, 1.165) is 0 Å². The van der Waals surface area contributed by atoms with E-state index in [4.69, 9.17) is 21.0 Å². The van der Waals surface area contributed by atoms with Gasteiger partial charge in [0.15, 0.2) is 0 Å². The summed E-state index contributed by atoms with van der Waals surface area (Å²) in [5.74, 6) is 0. The second-order valence-electron chi connectivity index (χ2n) is 3.54. The van der Waals surface area contributed by atoms with Crippen LogP contribution < -0.4 is 0 Å². The van der Waals surface area contributed by atoms with Crippen molar-refractivity contribution in [2.45, 2.75) is 0 Å². The van der Waals surface area contributed by atoms with Gasteiger partial charge in [-0.15, -0.1) is 0 Å². The fraction of sp³-hybridized carbons (Fsp3) is 0. The standard InChI is InChI=1S/2C8H4N2.H2O/c2*9-5-7-3-1-2-4-8(7)6-10;/h2*1-4H;1H2. The van der Waals surface area contributed by atoms with Gasteiger partial charge >= 0.3 is 0 Å². The van der Waals surface area contributed by atoms with Crippen LogP contribution in [0, 0.1) is 45.3 Å². The molecule has 0 amide bonds. The van der Waals surface area contributed by atoms with Crippen LogP contribution in [-0.2, 0) is 0 Å². The summed E-state index contributed by atoms with van der Waals surface area (Å²) in [7, 11) is 0. The molecule has 0 spiro atoms. The van der Waals surface area contributed by atoms with Gasteiger partial charge in [-0.2, -0.15) is 21.0 Å². The summed E-state index contributed by atoms with van der Waals surface area (Å²) in [6.45, 7) is 0. The first-order valence-electron chi connectivity index (χ1n) is 5.55. The summed E-state index contributed by atoms with van der Waals surface area (Å²) in [6, 6.07) is 21.1. The molecule has 0 aliphatic carbocycles. The molecule has 0 fully saturated rings. The summed E-state index contributed by atoms with van der Waals surface area (Å²) < 4.78 is 0. The van der Waals surface area contributed by atoms with Gasteiger partial charge in [-0.05, 0) is 24.3 Å². The van der Waals surface area contributed by atoms with Crippen LogP contribution in [0.15, 0.2) is 48.5 Å². The molecule has 5 heteroatoms. The molecule has 0 aliphatic rings. The molecule has 5 nitrogen and oxygen atoms in total. The molecule has 2 rings (SSSR count). The molecule has 2 aromatic carbocycles. The predicted molar refractivity (Wildman–Crippen MR) is 75.4 cm³/mol. The Kier molecular flexibility index (Phi) is 7.70. The fourth-order valence-corrected chi connectivity index (χ4v) is 1.36. The lowest BCUT2D eigenvalue weighted by Crippen LogP contribution is -1.79. The highest BCUT2D eigenvalue weighted by Crippen LogP contribution is 2.04. The molecule has 0 atom stereocenters. The molecule has 0 heterocycles. The van der Waals surface area contributed by atoms with Crippen molar-refractivity contribution in [1.29, 1.82) is 21.0 Å². The van der Waals surface area contributed by atoms with Crippen molar-refractivity contribution in [3.05, 3.63) is 70.8 Å². The van der Waals surface area contributed by atoms with Gasteiger partial charge < -0.3 is 5.48 Å². The summed E-state index contributed by atoms with van der Waals surface area (Å²) in [5.41, 5.74) is 1.74. The summed E-state index contributed by atoms with van der Waals surface area (Å²) in [6.07, 6.45) is 0. The lowest BCUT2D eigenvalue weighted by atomic mass is 10.1. The number of hydrogen-bond acceptors (Lipinski definition) is 4. The van der Waals surface area contributed by atoms with Crippen LogP contribution in [0.2, 0.25) is 0 Å². The average Bonchev–Trinajstić information content (AvgIpc) is 2.55. The van der Waals surface area contributed by atoms with Gasteiger partial charge in [0.25, 0.3) is 0 Å². The highest BCUT2D eigenvalue weighted by Gasteiger charge is 1.96. The molecule has 0 saturated carbocycles. The third-order valence-corrected chi connectivity index (χ3v) is 2.34. The zero-order valence-corrected chi connectivity index (χ0v) is 10.9. The fourth-order valence-electron chi connectivity index (χ4n) is 1.36. The Labute approximate surface area is 122 Å². The molecule has 0 unspecified atom stereocenters. The molecule has 100 valence electrons. The summed E-state index contributed by atoms with van der Waals surface area (Å²) in [4.78, 5) is 0.